The maximum absolute atomic E-state index is 6.36. The standard InChI is InChI=1S/C16H16Cl3N/c1-3-20-16(12-5-4-6-14(18)15(12)19)13-9-11(17)8-7-10(13)2/h4-9,16,20H,3H2,1-2H3. The van der Waals surface area contributed by atoms with Crippen LogP contribution in [-0.4, -0.2) is 6.54 Å². The molecule has 1 unspecified atom stereocenters. The van der Waals surface area contributed by atoms with E-state index in [-0.39, 0.29) is 6.04 Å². The van der Waals surface area contributed by atoms with E-state index in [1.165, 1.54) is 0 Å². The van der Waals surface area contributed by atoms with Crippen LogP contribution in [0, 0.1) is 6.92 Å². The first-order valence-electron chi connectivity index (χ1n) is 6.48. The minimum Gasteiger partial charge on any atom is -0.306 e. The molecule has 0 amide bonds. The second kappa shape index (κ2) is 6.82. The predicted molar refractivity (Wildman–Crippen MR) is 88.2 cm³/mol. The number of hydrogen-bond donors (Lipinski definition) is 1. The molecule has 1 N–H and O–H groups in total. The van der Waals surface area contributed by atoms with Crippen LogP contribution in [-0.2, 0) is 0 Å². The Bertz CT molecular complexity index is 609. The summed E-state index contributed by atoms with van der Waals surface area (Å²) in [5.74, 6) is 0. The van der Waals surface area contributed by atoms with Gasteiger partial charge in [-0.25, -0.2) is 0 Å². The predicted octanol–water partition coefficient (Wildman–Crippen LogP) is 5.65. The Morgan fingerprint density at radius 1 is 1.05 bits per heavy atom. The lowest BCUT2D eigenvalue weighted by Crippen LogP contribution is -2.23. The van der Waals surface area contributed by atoms with Gasteiger partial charge in [0, 0.05) is 5.02 Å². The monoisotopic (exact) mass is 327 g/mol. The molecule has 1 atom stereocenters. The zero-order valence-corrected chi connectivity index (χ0v) is 13.7. The molecule has 20 heavy (non-hydrogen) atoms. The molecule has 2 aromatic carbocycles. The van der Waals surface area contributed by atoms with Crippen LogP contribution in [0.3, 0.4) is 0 Å². The SMILES string of the molecule is CCNC(c1cc(Cl)ccc1C)c1cccc(Cl)c1Cl. The van der Waals surface area contributed by atoms with Gasteiger partial charge in [-0.1, -0.05) is 59.9 Å². The minimum atomic E-state index is -0.0232. The highest BCUT2D eigenvalue weighted by molar-refractivity contribution is 6.42. The Balaban J connectivity index is 2.56. The first-order valence-corrected chi connectivity index (χ1v) is 7.61. The van der Waals surface area contributed by atoms with Crippen LogP contribution < -0.4 is 5.32 Å². The fraction of sp³-hybridized carbons (Fsp3) is 0.250. The number of halogens is 3. The maximum atomic E-state index is 6.36. The molecule has 0 aliphatic heterocycles. The molecule has 4 heteroatoms. The Labute approximate surface area is 134 Å². The summed E-state index contributed by atoms with van der Waals surface area (Å²) >= 11 is 18.6. The average molecular weight is 329 g/mol. The number of benzene rings is 2. The minimum absolute atomic E-state index is 0.0232. The van der Waals surface area contributed by atoms with Gasteiger partial charge in [0.05, 0.1) is 16.1 Å². The molecule has 0 aromatic heterocycles. The van der Waals surface area contributed by atoms with E-state index < -0.39 is 0 Å². The molecule has 2 rings (SSSR count). The lowest BCUT2D eigenvalue weighted by Gasteiger charge is -2.22. The van der Waals surface area contributed by atoms with Gasteiger partial charge in [0.25, 0.3) is 0 Å². The highest BCUT2D eigenvalue weighted by Gasteiger charge is 2.19. The maximum Gasteiger partial charge on any atom is 0.0643 e. The summed E-state index contributed by atoms with van der Waals surface area (Å²) in [6, 6.07) is 11.5. The molecule has 0 heterocycles. The van der Waals surface area contributed by atoms with Crippen molar-refractivity contribution >= 4 is 34.8 Å². The summed E-state index contributed by atoms with van der Waals surface area (Å²) in [5.41, 5.74) is 3.24. The molecule has 0 bridgehead atoms. The molecule has 0 spiro atoms. The fourth-order valence-electron chi connectivity index (χ4n) is 2.26. The molecule has 0 saturated heterocycles. The van der Waals surface area contributed by atoms with E-state index in [4.69, 9.17) is 34.8 Å². The van der Waals surface area contributed by atoms with Crippen LogP contribution in [0.4, 0.5) is 0 Å². The summed E-state index contributed by atoms with van der Waals surface area (Å²) in [5, 5.41) is 5.31. The molecule has 0 fully saturated rings. The van der Waals surface area contributed by atoms with Crippen molar-refractivity contribution in [2.45, 2.75) is 19.9 Å². The molecule has 106 valence electrons. The van der Waals surface area contributed by atoms with Crippen LogP contribution in [0.15, 0.2) is 36.4 Å². The Hall–Kier alpha value is -0.730. The molecule has 0 radical (unpaired) electrons. The summed E-state index contributed by atoms with van der Waals surface area (Å²) in [4.78, 5) is 0. The van der Waals surface area contributed by atoms with Crippen LogP contribution in [0.2, 0.25) is 15.1 Å². The van der Waals surface area contributed by atoms with E-state index in [0.717, 1.165) is 23.2 Å². The second-order valence-electron chi connectivity index (χ2n) is 4.63. The van der Waals surface area contributed by atoms with Crippen molar-refractivity contribution in [3.63, 3.8) is 0 Å². The third kappa shape index (κ3) is 3.29. The van der Waals surface area contributed by atoms with Crippen molar-refractivity contribution in [2.75, 3.05) is 6.54 Å². The first-order chi connectivity index (χ1) is 9.54. The summed E-state index contributed by atoms with van der Waals surface area (Å²) < 4.78 is 0. The van der Waals surface area contributed by atoms with E-state index in [2.05, 4.69) is 19.2 Å². The zero-order valence-electron chi connectivity index (χ0n) is 11.4. The van der Waals surface area contributed by atoms with Crippen LogP contribution in [0.25, 0.3) is 0 Å². The average Bonchev–Trinajstić information content (AvgIpc) is 2.43. The quantitative estimate of drug-likeness (QED) is 0.764. The fourth-order valence-corrected chi connectivity index (χ4v) is 2.85. The van der Waals surface area contributed by atoms with Gasteiger partial charge < -0.3 is 5.32 Å². The van der Waals surface area contributed by atoms with Gasteiger partial charge in [-0.15, -0.1) is 0 Å². The van der Waals surface area contributed by atoms with Crippen LogP contribution >= 0.6 is 34.8 Å². The van der Waals surface area contributed by atoms with Crippen LogP contribution in [0.1, 0.15) is 29.7 Å². The Kier molecular flexibility index (Phi) is 5.34. The molecule has 0 aliphatic rings. The smallest absolute Gasteiger partial charge is 0.0643 e. The molecule has 0 saturated carbocycles. The molecular formula is C16H16Cl3N. The summed E-state index contributed by atoms with van der Waals surface area (Å²) in [7, 11) is 0. The van der Waals surface area contributed by atoms with E-state index >= 15 is 0 Å². The van der Waals surface area contributed by atoms with Gasteiger partial charge in [-0.3, -0.25) is 0 Å². The van der Waals surface area contributed by atoms with Crippen molar-refractivity contribution in [1.82, 2.24) is 5.32 Å². The molecule has 0 aliphatic carbocycles. The summed E-state index contributed by atoms with van der Waals surface area (Å²) in [6.45, 7) is 4.94. The number of hydrogen-bond acceptors (Lipinski definition) is 1. The van der Waals surface area contributed by atoms with E-state index in [1.54, 1.807) is 6.07 Å². The number of aryl methyl sites for hydroxylation is 1. The van der Waals surface area contributed by atoms with Crippen molar-refractivity contribution in [2.24, 2.45) is 0 Å². The van der Waals surface area contributed by atoms with Gasteiger partial charge in [0.2, 0.25) is 0 Å². The molecule has 1 nitrogen and oxygen atoms in total. The normalized spacial score (nSPS) is 12.4. The highest BCUT2D eigenvalue weighted by atomic mass is 35.5. The Morgan fingerprint density at radius 2 is 1.80 bits per heavy atom. The van der Waals surface area contributed by atoms with Crippen molar-refractivity contribution < 1.29 is 0 Å². The van der Waals surface area contributed by atoms with Crippen molar-refractivity contribution in [1.29, 1.82) is 0 Å². The first kappa shape index (κ1) is 15.7. The van der Waals surface area contributed by atoms with Crippen molar-refractivity contribution in [3.8, 4) is 0 Å². The van der Waals surface area contributed by atoms with E-state index in [0.29, 0.717) is 15.1 Å². The van der Waals surface area contributed by atoms with Gasteiger partial charge in [-0.05, 0) is 48.4 Å². The highest BCUT2D eigenvalue weighted by Crippen LogP contribution is 2.35. The third-order valence-electron chi connectivity index (χ3n) is 3.25. The van der Waals surface area contributed by atoms with Gasteiger partial charge >= 0.3 is 0 Å². The topological polar surface area (TPSA) is 12.0 Å². The third-order valence-corrected chi connectivity index (χ3v) is 4.32. The molecular weight excluding hydrogens is 313 g/mol. The number of nitrogens with one attached hydrogen (secondary N) is 1. The second-order valence-corrected chi connectivity index (χ2v) is 5.86. The van der Waals surface area contributed by atoms with Crippen LogP contribution in [0.5, 0.6) is 0 Å². The molecule has 2 aromatic rings. The Morgan fingerprint density at radius 3 is 2.50 bits per heavy atom. The van der Waals surface area contributed by atoms with Gasteiger partial charge in [0.1, 0.15) is 0 Å². The van der Waals surface area contributed by atoms with Gasteiger partial charge in [0.15, 0.2) is 0 Å². The zero-order chi connectivity index (χ0) is 14.7. The van der Waals surface area contributed by atoms with E-state index in [1.807, 2.05) is 30.3 Å². The van der Waals surface area contributed by atoms with Crippen molar-refractivity contribution in [3.05, 3.63) is 68.2 Å². The lowest BCUT2D eigenvalue weighted by molar-refractivity contribution is 0.628. The summed E-state index contributed by atoms with van der Waals surface area (Å²) in [6.07, 6.45) is 0. The lowest BCUT2D eigenvalue weighted by atomic mass is 9.95. The number of rotatable bonds is 4. The largest absolute Gasteiger partial charge is 0.306 e. The van der Waals surface area contributed by atoms with E-state index in [9.17, 15) is 0 Å². The van der Waals surface area contributed by atoms with Gasteiger partial charge in [-0.2, -0.15) is 0 Å².